The SMILES string of the molecule is Cc1ccc([N+](=O)[O-])cc1NC(=O)CSCC#N. The Morgan fingerprint density at radius 1 is 1.61 bits per heavy atom. The Labute approximate surface area is 108 Å². The number of rotatable bonds is 5. The van der Waals surface area contributed by atoms with E-state index in [9.17, 15) is 14.9 Å². The molecule has 18 heavy (non-hydrogen) atoms. The third-order valence-electron chi connectivity index (χ3n) is 2.11. The van der Waals surface area contributed by atoms with E-state index in [0.29, 0.717) is 5.69 Å². The van der Waals surface area contributed by atoms with Gasteiger partial charge in [0, 0.05) is 12.1 Å². The summed E-state index contributed by atoms with van der Waals surface area (Å²) < 4.78 is 0. The molecule has 6 nitrogen and oxygen atoms in total. The van der Waals surface area contributed by atoms with Gasteiger partial charge >= 0.3 is 0 Å². The number of benzene rings is 1. The predicted molar refractivity (Wildman–Crippen MR) is 69.4 cm³/mol. The van der Waals surface area contributed by atoms with E-state index < -0.39 is 4.92 Å². The van der Waals surface area contributed by atoms with Crippen LogP contribution in [0.4, 0.5) is 11.4 Å². The normalized spacial score (nSPS) is 9.56. The van der Waals surface area contributed by atoms with Crippen LogP contribution in [-0.4, -0.2) is 22.3 Å². The molecule has 0 atom stereocenters. The van der Waals surface area contributed by atoms with Gasteiger partial charge in [-0.3, -0.25) is 14.9 Å². The van der Waals surface area contributed by atoms with Gasteiger partial charge in [0.1, 0.15) is 0 Å². The van der Waals surface area contributed by atoms with Crippen LogP contribution in [0.3, 0.4) is 0 Å². The van der Waals surface area contributed by atoms with Crippen LogP contribution >= 0.6 is 11.8 Å². The standard InChI is InChI=1S/C11H11N3O3S/c1-8-2-3-9(14(16)17)6-10(8)13-11(15)7-18-5-4-12/h2-3,6H,5,7H2,1H3,(H,13,15). The monoisotopic (exact) mass is 265 g/mol. The van der Waals surface area contributed by atoms with Crippen molar-refractivity contribution in [2.24, 2.45) is 0 Å². The van der Waals surface area contributed by atoms with E-state index in [4.69, 9.17) is 5.26 Å². The number of aryl methyl sites for hydroxylation is 1. The molecule has 0 saturated carbocycles. The minimum absolute atomic E-state index is 0.0689. The number of hydrogen-bond acceptors (Lipinski definition) is 5. The van der Waals surface area contributed by atoms with Gasteiger partial charge in [0.25, 0.3) is 5.69 Å². The van der Waals surface area contributed by atoms with Crippen molar-refractivity contribution in [3.63, 3.8) is 0 Å². The van der Waals surface area contributed by atoms with Crippen molar-refractivity contribution < 1.29 is 9.72 Å². The van der Waals surface area contributed by atoms with E-state index in [0.717, 1.165) is 5.56 Å². The molecule has 1 rings (SSSR count). The molecule has 1 aromatic carbocycles. The molecule has 0 aromatic heterocycles. The molecule has 0 fully saturated rings. The number of nitrogens with one attached hydrogen (secondary N) is 1. The number of non-ortho nitro benzene ring substituents is 1. The fourth-order valence-corrected chi connectivity index (χ4v) is 1.68. The molecule has 0 aliphatic carbocycles. The highest BCUT2D eigenvalue weighted by atomic mass is 32.2. The highest BCUT2D eigenvalue weighted by Crippen LogP contribution is 2.21. The van der Waals surface area contributed by atoms with Crippen LogP contribution in [0, 0.1) is 28.4 Å². The Bertz CT molecular complexity index is 511. The zero-order valence-corrected chi connectivity index (χ0v) is 10.5. The molecule has 0 unspecified atom stereocenters. The Hall–Kier alpha value is -2.07. The minimum Gasteiger partial charge on any atom is -0.325 e. The Balaban J connectivity index is 2.72. The smallest absolute Gasteiger partial charge is 0.271 e. The Morgan fingerprint density at radius 2 is 2.33 bits per heavy atom. The summed E-state index contributed by atoms with van der Waals surface area (Å²) in [4.78, 5) is 21.6. The van der Waals surface area contributed by atoms with Crippen molar-refractivity contribution in [3.8, 4) is 6.07 Å². The second-order valence-corrected chi connectivity index (χ2v) is 4.44. The number of amides is 1. The molecule has 1 aromatic rings. The number of nitro groups is 1. The molecule has 0 heterocycles. The summed E-state index contributed by atoms with van der Waals surface area (Å²) >= 11 is 1.19. The second kappa shape index (κ2) is 6.61. The number of nitrogens with zero attached hydrogens (tertiary/aromatic N) is 2. The summed E-state index contributed by atoms with van der Waals surface area (Å²) in [5.74, 6) is 0.107. The maximum Gasteiger partial charge on any atom is 0.271 e. The molecular formula is C11H11N3O3S. The first-order chi connectivity index (χ1) is 8.54. The quantitative estimate of drug-likeness (QED) is 0.499. The molecule has 0 saturated heterocycles. The average molecular weight is 265 g/mol. The van der Waals surface area contributed by atoms with Gasteiger partial charge in [0.05, 0.1) is 28.2 Å². The summed E-state index contributed by atoms with van der Waals surface area (Å²) in [6.07, 6.45) is 0. The topological polar surface area (TPSA) is 96.0 Å². The molecule has 0 bridgehead atoms. The number of nitro benzene ring substituents is 1. The fraction of sp³-hybridized carbons (Fsp3) is 0.273. The van der Waals surface area contributed by atoms with Gasteiger partial charge in [-0.1, -0.05) is 6.07 Å². The van der Waals surface area contributed by atoms with E-state index in [2.05, 4.69) is 5.32 Å². The van der Waals surface area contributed by atoms with Crippen molar-refractivity contribution in [1.29, 1.82) is 5.26 Å². The van der Waals surface area contributed by atoms with Gasteiger partial charge in [-0.2, -0.15) is 5.26 Å². The van der Waals surface area contributed by atoms with E-state index in [1.54, 1.807) is 13.0 Å². The second-order valence-electron chi connectivity index (χ2n) is 3.46. The molecule has 0 radical (unpaired) electrons. The number of carbonyl (C=O) groups is 1. The number of nitriles is 1. The summed E-state index contributed by atoms with van der Waals surface area (Å²) in [6, 6.07) is 6.20. The first-order valence-corrected chi connectivity index (χ1v) is 6.19. The summed E-state index contributed by atoms with van der Waals surface area (Å²) in [6.45, 7) is 1.75. The van der Waals surface area contributed by atoms with Crippen molar-refractivity contribution >= 4 is 29.0 Å². The fourth-order valence-electron chi connectivity index (χ4n) is 1.23. The highest BCUT2D eigenvalue weighted by molar-refractivity contribution is 8.00. The number of anilines is 1. The predicted octanol–water partition coefficient (Wildman–Crippen LogP) is 2.10. The van der Waals surface area contributed by atoms with Crippen LogP contribution in [0.15, 0.2) is 18.2 Å². The number of carbonyl (C=O) groups excluding carboxylic acids is 1. The van der Waals surface area contributed by atoms with E-state index in [-0.39, 0.29) is 23.1 Å². The van der Waals surface area contributed by atoms with Gasteiger partial charge < -0.3 is 5.32 Å². The zero-order valence-electron chi connectivity index (χ0n) is 9.67. The molecule has 94 valence electrons. The summed E-state index contributed by atoms with van der Waals surface area (Å²) in [5.41, 5.74) is 1.10. The van der Waals surface area contributed by atoms with Gasteiger partial charge in [-0.25, -0.2) is 0 Å². The third kappa shape index (κ3) is 4.07. The average Bonchev–Trinajstić information content (AvgIpc) is 2.32. The lowest BCUT2D eigenvalue weighted by molar-refractivity contribution is -0.384. The first-order valence-electron chi connectivity index (χ1n) is 5.04. The van der Waals surface area contributed by atoms with Gasteiger partial charge in [-0.05, 0) is 12.5 Å². The molecule has 7 heteroatoms. The van der Waals surface area contributed by atoms with E-state index >= 15 is 0 Å². The van der Waals surface area contributed by atoms with E-state index in [1.807, 2.05) is 6.07 Å². The van der Waals surface area contributed by atoms with Gasteiger partial charge in [0.2, 0.25) is 5.91 Å². The van der Waals surface area contributed by atoms with Crippen molar-refractivity contribution in [2.75, 3.05) is 16.8 Å². The number of thioether (sulfide) groups is 1. The molecule has 1 N–H and O–H groups in total. The number of hydrogen-bond donors (Lipinski definition) is 1. The summed E-state index contributed by atoms with van der Waals surface area (Å²) in [5, 5.41) is 21.5. The zero-order chi connectivity index (χ0) is 13.5. The summed E-state index contributed by atoms with van der Waals surface area (Å²) in [7, 11) is 0. The largest absolute Gasteiger partial charge is 0.325 e. The van der Waals surface area contributed by atoms with Crippen molar-refractivity contribution in [2.45, 2.75) is 6.92 Å². The molecular weight excluding hydrogens is 254 g/mol. The van der Waals surface area contributed by atoms with Gasteiger partial charge in [-0.15, -0.1) is 11.8 Å². The van der Waals surface area contributed by atoms with E-state index in [1.165, 1.54) is 23.9 Å². The lowest BCUT2D eigenvalue weighted by Gasteiger charge is -2.07. The minimum atomic E-state index is -0.514. The molecule has 0 aliphatic heterocycles. The van der Waals surface area contributed by atoms with Crippen LogP contribution in [0.2, 0.25) is 0 Å². The Kier molecular flexibility index (Phi) is 5.14. The Morgan fingerprint density at radius 3 is 2.94 bits per heavy atom. The van der Waals surface area contributed by atoms with Gasteiger partial charge in [0.15, 0.2) is 0 Å². The third-order valence-corrected chi connectivity index (χ3v) is 2.91. The van der Waals surface area contributed by atoms with Crippen LogP contribution in [0.1, 0.15) is 5.56 Å². The lowest BCUT2D eigenvalue weighted by Crippen LogP contribution is -2.15. The first kappa shape index (κ1) is 14.0. The van der Waals surface area contributed by atoms with Crippen LogP contribution in [0.25, 0.3) is 0 Å². The molecule has 0 spiro atoms. The molecule has 0 aliphatic rings. The highest BCUT2D eigenvalue weighted by Gasteiger charge is 2.10. The van der Waals surface area contributed by atoms with Crippen molar-refractivity contribution in [1.82, 2.24) is 0 Å². The van der Waals surface area contributed by atoms with Crippen molar-refractivity contribution in [3.05, 3.63) is 33.9 Å². The lowest BCUT2D eigenvalue weighted by atomic mass is 10.2. The maximum absolute atomic E-state index is 11.5. The van der Waals surface area contributed by atoms with Crippen LogP contribution in [-0.2, 0) is 4.79 Å². The maximum atomic E-state index is 11.5. The molecule has 1 amide bonds. The van der Waals surface area contributed by atoms with Crippen LogP contribution < -0.4 is 5.32 Å². The van der Waals surface area contributed by atoms with Crippen LogP contribution in [0.5, 0.6) is 0 Å².